The standard InChI is InChI=1S/C12H16N2S/c1-7(2)8-3-4-9-10(6-13)12(14)15-11(9)5-8/h7-8H,3-5,14H2,1-2H3. The van der Waals surface area contributed by atoms with Gasteiger partial charge in [-0.1, -0.05) is 13.8 Å². The molecule has 1 unspecified atom stereocenters. The predicted octanol–water partition coefficient (Wildman–Crippen LogP) is 2.96. The van der Waals surface area contributed by atoms with Crippen molar-refractivity contribution in [3.8, 4) is 6.07 Å². The SMILES string of the molecule is CC(C)C1CCc2c(sc(N)c2C#N)C1. The molecule has 1 heterocycles. The molecular formula is C12H16N2S. The number of hydrogen-bond acceptors (Lipinski definition) is 3. The van der Waals surface area contributed by atoms with Gasteiger partial charge in [0, 0.05) is 4.88 Å². The second-order valence-corrected chi connectivity index (χ2v) is 5.74. The Balaban J connectivity index is 2.33. The minimum absolute atomic E-state index is 0.715. The van der Waals surface area contributed by atoms with Crippen molar-refractivity contribution in [2.24, 2.45) is 11.8 Å². The Hall–Kier alpha value is -1.01. The van der Waals surface area contributed by atoms with Gasteiger partial charge in [0.05, 0.1) is 5.56 Å². The maximum atomic E-state index is 9.02. The van der Waals surface area contributed by atoms with E-state index in [2.05, 4.69) is 19.9 Å². The van der Waals surface area contributed by atoms with E-state index in [-0.39, 0.29) is 0 Å². The van der Waals surface area contributed by atoms with Crippen LogP contribution in [-0.4, -0.2) is 0 Å². The number of anilines is 1. The van der Waals surface area contributed by atoms with Crippen LogP contribution in [0.5, 0.6) is 0 Å². The molecule has 1 aliphatic rings. The summed E-state index contributed by atoms with van der Waals surface area (Å²) in [5.41, 5.74) is 7.83. The lowest BCUT2D eigenvalue weighted by Gasteiger charge is -2.25. The molecule has 1 aromatic rings. The lowest BCUT2D eigenvalue weighted by atomic mass is 9.81. The molecule has 3 heteroatoms. The second-order valence-electron chi connectivity index (χ2n) is 4.60. The number of nitrogens with zero attached hydrogens (tertiary/aromatic N) is 1. The molecule has 0 radical (unpaired) electrons. The summed E-state index contributed by atoms with van der Waals surface area (Å²) in [6.45, 7) is 4.55. The topological polar surface area (TPSA) is 49.8 Å². The number of hydrogen-bond donors (Lipinski definition) is 1. The molecule has 0 saturated heterocycles. The monoisotopic (exact) mass is 220 g/mol. The highest BCUT2D eigenvalue weighted by Gasteiger charge is 2.26. The van der Waals surface area contributed by atoms with Crippen molar-refractivity contribution >= 4 is 16.3 Å². The fourth-order valence-electron chi connectivity index (χ4n) is 2.32. The third kappa shape index (κ3) is 1.74. The van der Waals surface area contributed by atoms with E-state index in [4.69, 9.17) is 11.0 Å². The Kier molecular flexibility index (Phi) is 2.70. The van der Waals surface area contributed by atoms with Crippen molar-refractivity contribution in [2.45, 2.75) is 33.1 Å². The number of thiophene rings is 1. The highest BCUT2D eigenvalue weighted by atomic mass is 32.1. The van der Waals surface area contributed by atoms with Crippen LogP contribution in [0, 0.1) is 23.2 Å². The summed E-state index contributed by atoms with van der Waals surface area (Å²) >= 11 is 1.62. The maximum Gasteiger partial charge on any atom is 0.104 e. The van der Waals surface area contributed by atoms with Gasteiger partial charge in [-0.3, -0.25) is 0 Å². The first-order valence-electron chi connectivity index (χ1n) is 5.43. The first kappa shape index (κ1) is 10.5. The van der Waals surface area contributed by atoms with Crippen LogP contribution in [0.1, 0.15) is 36.3 Å². The average molecular weight is 220 g/mol. The van der Waals surface area contributed by atoms with Crippen molar-refractivity contribution < 1.29 is 0 Å². The molecule has 1 atom stereocenters. The van der Waals surface area contributed by atoms with Crippen LogP contribution in [0.25, 0.3) is 0 Å². The number of nitriles is 1. The summed E-state index contributed by atoms with van der Waals surface area (Å²) in [6.07, 6.45) is 3.36. The Bertz CT molecular complexity index is 412. The lowest BCUT2D eigenvalue weighted by molar-refractivity contribution is 0.346. The third-order valence-corrected chi connectivity index (χ3v) is 4.47. The van der Waals surface area contributed by atoms with Crippen molar-refractivity contribution in [1.29, 1.82) is 5.26 Å². The molecule has 0 fully saturated rings. The van der Waals surface area contributed by atoms with Gasteiger partial charge in [0.2, 0.25) is 0 Å². The molecule has 1 aromatic heterocycles. The van der Waals surface area contributed by atoms with E-state index in [1.54, 1.807) is 11.3 Å². The summed E-state index contributed by atoms with van der Waals surface area (Å²) in [5, 5.41) is 9.73. The lowest BCUT2D eigenvalue weighted by Crippen LogP contribution is -2.17. The van der Waals surface area contributed by atoms with Crippen molar-refractivity contribution in [1.82, 2.24) is 0 Å². The summed E-state index contributed by atoms with van der Waals surface area (Å²) in [6, 6.07) is 2.23. The number of nitrogen functional groups attached to an aromatic ring is 1. The van der Waals surface area contributed by atoms with Gasteiger partial charge in [0.25, 0.3) is 0 Å². The zero-order chi connectivity index (χ0) is 11.0. The Morgan fingerprint density at radius 1 is 1.53 bits per heavy atom. The van der Waals surface area contributed by atoms with E-state index in [0.29, 0.717) is 5.00 Å². The van der Waals surface area contributed by atoms with Gasteiger partial charge in [0.15, 0.2) is 0 Å². The molecule has 2 N–H and O–H groups in total. The normalized spacial score (nSPS) is 20.0. The summed E-state index contributed by atoms with van der Waals surface area (Å²) in [5.74, 6) is 1.49. The molecule has 1 aliphatic carbocycles. The Morgan fingerprint density at radius 2 is 2.27 bits per heavy atom. The van der Waals surface area contributed by atoms with E-state index in [1.165, 1.54) is 16.9 Å². The van der Waals surface area contributed by atoms with Crippen molar-refractivity contribution in [2.75, 3.05) is 5.73 Å². The van der Waals surface area contributed by atoms with E-state index in [1.807, 2.05) is 0 Å². The number of fused-ring (bicyclic) bond motifs is 1. The van der Waals surface area contributed by atoms with Gasteiger partial charge < -0.3 is 5.73 Å². The van der Waals surface area contributed by atoms with E-state index in [9.17, 15) is 0 Å². The van der Waals surface area contributed by atoms with Gasteiger partial charge in [0.1, 0.15) is 11.1 Å². The van der Waals surface area contributed by atoms with Gasteiger partial charge in [-0.2, -0.15) is 5.26 Å². The Morgan fingerprint density at radius 3 is 2.87 bits per heavy atom. The predicted molar refractivity (Wildman–Crippen MR) is 63.8 cm³/mol. The fraction of sp³-hybridized carbons (Fsp3) is 0.583. The summed E-state index contributed by atoms with van der Waals surface area (Å²) in [7, 11) is 0. The summed E-state index contributed by atoms with van der Waals surface area (Å²) < 4.78 is 0. The minimum Gasteiger partial charge on any atom is -0.389 e. The maximum absolute atomic E-state index is 9.02. The molecule has 80 valence electrons. The van der Waals surface area contributed by atoms with Crippen LogP contribution in [-0.2, 0) is 12.8 Å². The molecule has 2 rings (SSSR count). The molecular weight excluding hydrogens is 204 g/mol. The average Bonchev–Trinajstić information content (AvgIpc) is 2.51. The zero-order valence-corrected chi connectivity index (χ0v) is 10.0. The zero-order valence-electron chi connectivity index (χ0n) is 9.21. The van der Waals surface area contributed by atoms with Gasteiger partial charge >= 0.3 is 0 Å². The quantitative estimate of drug-likeness (QED) is 0.791. The van der Waals surface area contributed by atoms with Crippen LogP contribution < -0.4 is 5.73 Å². The second kappa shape index (κ2) is 3.86. The van der Waals surface area contributed by atoms with Crippen LogP contribution in [0.2, 0.25) is 0 Å². The largest absolute Gasteiger partial charge is 0.389 e. The van der Waals surface area contributed by atoms with E-state index >= 15 is 0 Å². The number of rotatable bonds is 1. The Labute approximate surface area is 94.7 Å². The van der Waals surface area contributed by atoms with Crippen LogP contribution in [0.15, 0.2) is 0 Å². The minimum atomic E-state index is 0.715. The molecule has 0 aliphatic heterocycles. The van der Waals surface area contributed by atoms with Gasteiger partial charge in [-0.15, -0.1) is 11.3 Å². The third-order valence-electron chi connectivity index (χ3n) is 3.39. The molecule has 0 bridgehead atoms. The molecule has 15 heavy (non-hydrogen) atoms. The fourth-order valence-corrected chi connectivity index (χ4v) is 3.49. The molecule has 0 aromatic carbocycles. The van der Waals surface area contributed by atoms with Crippen molar-refractivity contribution in [3.05, 3.63) is 16.0 Å². The molecule has 0 spiro atoms. The summed E-state index contributed by atoms with van der Waals surface area (Å²) in [4.78, 5) is 1.36. The van der Waals surface area contributed by atoms with Crippen LogP contribution >= 0.6 is 11.3 Å². The molecule has 2 nitrogen and oxygen atoms in total. The first-order valence-corrected chi connectivity index (χ1v) is 6.25. The van der Waals surface area contributed by atoms with Crippen LogP contribution in [0.4, 0.5) is 5.00 Å². The van der Waals surface area contributed by atoms with Crippen molar-refractivity contribution in [3.63, 3.8) is 0 Å². The van der Waals surface area contributed by atoms with E-state index in [0.717, 1.165) is 30.2 Å². The highest BCUT2D eigenvalue weighted by molar-refractivity contribution is 7.16. The molecule has 0 saturated carbocycles. The smallest absolute Gasteiger partial charge is 0.104 e. The highest BCUT2D eigenvalue weighted by Crippen LogP contribution is 2.39. The van der Waals surface area contributed by atoms with E-state index < -0.39 is 0 Å². The number of nitrogens with two attached hydrogens (primary N) is 1. The molecule has 0 amide bonds. The first-order chi connectivity index (χ1) is 7.13. The van der Waals surface area contributed by atoms with Crippen LogP contribution in [0.3, 0.4) is 0 Å². The van der Waals surface area contributed by atoms with Gasteiger partial charge in [-0.25, -0.2) is 0 Å². The van der Waals surface area contributed by atoms with Gasteiger partial charge in [-0.05, 0) is 36.7 Å².